The molecule has 1 rings (SSSR count). The van der Waals surface area contributed by atoms with Crippen LogP contribution < -0.4 is 5.73 Å². The van der Waals surface area contributed by atoms with E-state index in [1.165, 1.54) is 0 Å². The van der Waals surface area contributed by atoms with Crippen LogP contribution in [-0.4, -0.2) is 42.1 Å². The summed E-state index contributed by atoms with van der Waals surface area (Å²) in [5.74, 6) is 0.625. The van der Waals surface area contributed by atoms with E-state index in [1.54, 1.807) is 7.11 Å². The van der Waals surface area contributed by atoms with Gasteiger partial charge in [0.25, 0.3) is 0 Å². The van der Waals surface area contributed by atoms with Crippen molar-refractivity contribution < 1.29 is 9.53 Å². The van der Waals surface area contributed by atoms with Crippen LogP contribution in [0.2, 0.25) is 0 Å². The Morgan fingerprint density at radius 3 is 2.35 bits per heavy atom. The van der Waals surface area contributed by atoms with Crippen LogP contribution in [0.3, 0.4) is 0 Å². The lowest BCUT2D eigenvalue weighted by Gasteiger charge is -2.48. The zero-order valence-corrected chi connectivity index (χ0v) is 14.0. The summed E-state index contributed by atoms with van der Waals surface area (Å²) in [6.45, 7) is 7.52. The Hall–Kier alpha value is -0.680. The molecular weight excluding hydrogens is 272 g/mol. The van der Waals surface area contributed by atoms with Crippen molar-refractivity contribution in [2.75, 3.05) is 20.3 Å². The van der Waals surface area contributed by atoms with E-state index in [9.17, 15) is 4.79 Å². The SMILES string of the molecule is CCC(CC)N(CCOC)C(=O)C1(C(N)=S)CC(C)C1. The Balaban J connectivity index is 2.93. The van der Waals surface area contributed by atoms with E-state index in [2.05, 4.69) is 20.8 Å². The molecule has 0 heterocycles. The molecule has 2 N–H and O–H groups in total. The van der Waals surface area contributed by atoms with Gasteiger partial charge in [0.15, 0.2) is 0 Å². The Kier molecular flexibility index (Phi) is 6.40. The fourth-order valence-electron chi connectivity index (χ4n) is 3.26. The van der Waals surface area contributed by atoms with Gasteiger partial charge in [-0.25, -0.2) is 0 Å². The van der Waals surface area contributed by atoms with Crippen LogP contribution in [0.1, 0.15) is 46.5 Å². The third kappa shape index (κ3) is 3.31. The molecule has 0 aromatic heterocycles. The molecule has 0 saturated heterocycles. The van der Waals surface area contributed by atoms with Crippen molar-refractivity contribution in [2.45, 2.75) is 52.5 Å². The van der Waals surface area contributed by atoms with Crippen molar-refractivity contribution in [3.05, 3.63) is 0 Å². The number of hydrogen-bond acceptors (Lipinski definition) is 3. The van der Waals surface area contributed by atoms with Gasteiger partial charge in [-0.15, -0.1) is 0 Å². The van der Waals surface area contributed by atoms with E-state index >= 15 is 0 Å². The summed E-state index contributed by atoms with van der Waals surface area (Å²) in [6, 6.07) is 0.236. The monoisotopic (exact) mass is 300 g/mol. The molecule has 1 fully saturated rings. The van der Waals surface area contributed by atoms with Gasteiger partial charge in [0.1, 0.15) is 0 Å². The summed E-state index contributed by atoms with van der Waals surface area (Å²) in [7, 11) is 1.66. The van der Waals surface area contributed by atoms with Crippen LogP contribution >= 0.6 is 12.2 Å². The summed E-state index contributed by atoms with van der Waals surface area (Å²) < 4.78 is 5.15. The van der Waals surface area contributed by atoms with Gasteiger partial charge in [0, 0.05) is 19.7 Å². The predicted octanol–water partition coefficient (Wildman–Crippen LogP) is 2.35. The molecule has 1 saturated carbocycles. The van der Waals surface area contributed by atoms with Crippen molar-refractivity contribution in [2.24, 2.45) is 17.1 Å². The Morgan fingerprint density at radius 2 is 2.00 bits per heavy atom. The van der Waals surface area contributed by atoms with E-state index in [0.29, 0.717) is 24.1 Å². The first-order valence-electron chi connectivity index (χ1n) is 7.52. The molecule has 1 amide bonds. The van der Waals surface area contributed by atoms with E-state index in [-0.39, 0.29) is 11.9 Å². The Morgan fingerprint density at radius 1 is 1.45 bits per heavy atom. The smallest absolute Gasteiger partial charge is 0.235 e. The first-order chi connectivity index (χ1) is 9.42. The lowest BCUT2D eigenvalue weighted by Crippen LogP contribution is -2.59. The van der Waals surface area contributed by atoms with Crippen LogP contribution in [0.4, 0.5) is 0 Å². The number of methoxy groups -OCH3 is 1. The van der Waals surface area contributed by atoms with Crippen LogP contribution in [0, 0.1) is 11.3 Å². The normalized spacial score (nSPS) is 25.4. The molecule has 0 aromatic carbocycles. The predicted molar refractivity (Wildman–Crippen MR) is 85.6 cm³/mol. The first-order valence-corrected chi connectivity index (χ1v) is 7.93. The van der Waals surface area contributed by atoms with E-state index in [1.807, 2.05) is 4.90 Å². The van der Waals surface area contributed by atoms with Gasteiger partial charge in [-0.1, -0.05) is 33.0 Å². The Bertz CT molecular complexity index is 350. The van der Waals surface area contributed by atoms with Crippen LogP contribution in [-0.2, 0) is 9.53 Å². The summed E-state index contributed by atoms with van der Waals surface area (Å²) in [4.78, 5) is 15.3. The van der Waals surface area contributed by atoms with Gasteiger partial charge in [0.05, 0.1) is 17.0 Å². The van der Waals surface area contributed by atoms with Crippen LogP contribution in [0.5, 0.6) is 0 Å². The minimum atomic E-state index is -0.606. The summed E-state index contributed by atoms with van der Waals surface area (Å²) >= 11 is 5.20. The van der Waals surface area contributed by atoms with Gasteiger partial charge < -0.3 is 15.4 Å². The maximum Gasteiger partial charge on any atom is 0.235 e. The van der Waals surface area contributed by atoms with Gasteiger partial charge in [0.2, 0.25) is 5.91 Å². The molecule has 5 heteroatoms. The second kappa shape index (κ2) is 7.36. The second-order valence-electron chi connectivity index (χ2n) is 5.92. The highest BCUT2D eigenvalue weighted by Gasteiger charge is 2.53. The van der Waals surface area contributed by atoms with Crippen molar-refractivity contribution in [1.82, 2.24) is 4.90 Å². The standard InChI is InChI=1S/C15H28N2O2S/c1-5-12(6-2)17(7-8-19-4)14(18)15(13(16)20)9-11(3)10-15/h11-12H,5-10H2,1-4H3,(H2,16,20). The second-order valence-corrected chi connectivity index (χ2v) is 6.36. The fraction of sp³-hybridized carbons (Fsp3) is 0.867. The average molecular weight is 300 g/mol. The Labute approximate surface area is 128 Å². The quantitative estimate of drug-likeness (QED) is 0.699. The van der Waals surface area contributed by atoms with E-state index in [0.717, 1.165) is 25.7 Å². The molecule has 116 valence electrons. The van der Waals surface area contributed by atoms with Gasteiger partial charge >= 0.3 is 0 Å². The maximum absolute atomic E-state index is 13.0. The number of amides is 1. The lowest BCUT2D eigenvalue weighted by atomic mass is 9.61. The molecule has 4 nitrogen and oxygen atoms in total. The highest BCUT2D eigenvalue weighted by atomic mass is 32.1. The number of nitrogens with zero attached hydrogens (tertiary/aromatic N) is 1. The average Bonchev–Trinajstić information content (AvgIpc) is 2.38. The van der Waals surface area contributed by atoms with Gasteiger partial charge in [-0.05, 0) is 31.6 Å². The van der Waals surface area contributed by atoms with Gasteiger partial charge in [-0.3, -0.25) is 4.79 Å². The maximum atomic E-state index is 13.0. The highest BCUT2D eigenvalue weighted by Crippen LogP contribution is 2.47. The minimum absolute atomic E-state index is 0.105. The molecule has 0 radical (unpaired) electrons. The fourth-order valence-corrected chi connectivity index (χ4v) is 3.51. The third-order valence-corrected chi connectivity index (χ3v) is 4.85. The highest BCUT2D eigenvalue weighted by molar-refractivity contribution is 7.80. The number of ether oxygens (including phenoxy) is 1. The molecule has 20 heavy (non-hydrogen) atoms. The topological polar surface area (TPSA) is 55.6 Å². The first kappa shape index (κ1) is 17.4. The summed E-state index contributed by atoms with van der Waals surface area (Å²) in [5, 5.41) is 0. The molecule has 0 bridgehead atoms. The molecule has 1 aliphatic carbocycles. The van der Waals surface area contributed by atoms with Crippen molar-refractivity contribution in [3.8, 4) is 0 Å². The zero-order valence-electron chi connectivity index (χ0n) is 13.1. The molecule has 0 aliphatic heterocycles. The van der Waals surface area contributed by atoms with E-state index < -0.39 is 5.41 Å². The molecule has 0 aromatic rings. The summed E-state index contributed by atoms with van der Waals surface area (Å²) in [5.41, 5.74) is 5.29. The molecular formula is C15H28N2O2S. The van der Waals surface area contributed by atoms with Crippen molar-refractivity contribution >= 4 is 23.1 Å². The largest absolute Gasteiger partial charge is 0.392 e. The zero-order chi connectivity index (χ0) is 15.3. The van der Waals surface area contributed by atoms with Gasteiger partial charge in [-0.2, -0.15) is 0 Å². The van der Waals surface area contributed by atoms with Crippen LogP contribution in [0.15, 0.2) is 0 Å². The number of nitrogens with two attached hydrogens (primary N) is 1. The number of hydrogen-bond donors (Lipinski definition) is 1. The summed E-state index contributed by atoms with van der Waals surface area (Å²) in [6.07, 6.45) is 3.44. The lowest BCUT2D eigenvalue weighted by molar-refractivity contribution is -0.147. The number of carbonyl (C=O) groups is 1. The molecule has 0 unspecified atom stereocenters. The third-order valence-electron chi connectivity index (χ3n) is 4.46. The van der Waals surface area contributed by atoms with Crippen LogP contribution in [0.25, 0.3) is 0 Å². The number of rotatable bonds is 8. The molecule has 1 aliphatic rings. The minimum Gasteiger partial charge on any atom is -0.392 e. The number of carbonyl (C=O) groups excluding carboxylic acids is 1. The van der Waals surface area contributed by atoms with E-state index in [4.69, 9.17) is 22.7 Å². The number of thiocarbonyl (C=S) groups is 1. The molecule has 0 spiro atoms. The van der Waals surface area contributed by atoms with Crippen molar-refractivity contribution in [3.63, 3.8) is 0 Å². The molecule has 0 atom stereocenters. The van der Waals surface area contributed by atoms with Crippen molar-refractivity contribution in [1.29, 1.82) is 0 Å².